The van der Waals surface area contributed by atoms with E-state index in [0.29, 0.717) is 0 Å². The maximum Gasteiger partial charge on any atom is 0 e. The Morgan fingerprint density at radius 2 is 0.154 bits per heavy atom. The molecule has 0 amide bonds. The number of rotatable bonds is 0. The summed E-state index contributed by atoms with van der Waals surface area (Å²) in [5, 5.41) is 0. The van der Waals surface area contributed by atoms with Gasteiger partial charge in [0.15, 0.2) is 0 Å². The van der Waals surface area contributed by atoms with Crippen LogP contribution >= 0.6 is 0 Å². The Kier molecular flexibility index (Phi) is 7710. The average molecular weight is 521 g/mol. The second-order valence-electron chi connectivity index (χ2n) is 0. The van der Waals surface area contributed by atoms with Gasteiger partial charge in [-0.3, -0.25) is 0 Å². The molecule has 111 valence electrons. The second kappa shape index (κ2) is 287. The van der Waals surface area contributed by atoms with Crippen LogP contribution in [0.2, 0.25) is 0 Å². The third-order valence-corrected chi connectivity index (χ3v) is 0. The van der Waals surface area contributed by atoms with Gasteiger partial charge in [0, 0.05) is 117 Å². The molecule has 0 aromatic heterocycles. The fourth-order valence-corrected chi connectivity index (χ4v) is 0. The van der Waals surface area contributed by atoms with Crippen molar-refractivity contribution >= 4 is 0 Å². The van der Waals surface area contributed by atoms with Crippen LogP contribution in [0.3, 0.4) is 0 Å². The third kappa shape index (κ3) is 248. The van der Waals surface area contributed by atoms with Gasteiger partial charge in [0.1, 0.15) is 0 Å². The van der Waals surface area contributed by atoms with Crippen molar-refractivity contribution in [2.24, 2.45) is 0 Å². The minimum absolute atomic E-state index is 0. The van der Waals surface area contributed by atoms with Crippen LogP contribution in [-0.4, -0.2) is 32.9 Å². The molecule has 0 aliphatic heterocycles. The summed E-state index contributed by atoms with van der Waals surface area (Å²) < 4.78 is 0. The molecule has 7 radical (unpaired) electrons. The quantitative estimate of drug-likeness (QED) is 0.296. The molecule has 13 heteroatoms. The zero-order valence-corrected chi connectivity index (χ0v) is 12.6. The van der Waals surface area contributed by atoms with Gasteiger partial charge >= 0.3 is 0 Å². The molecular formula is H12Co7O6. The molecule has 13 heavy (non-hydrogen) atoms. The smallest absolute Gasteiger partial charge is 0 e. The van der Waals surface area contributed by atoms with E-state index < -0.39 is 0 Å². The van der Waals surface area contributed by atoms with Crippen molar-refractivity contribution in [3.63, 3.8) is 0 Å². The molecule has 6 nitrogen and oxygen atoms in total. The van der Waals surface area contributed by atoms with Gasteiger partial charge in [-0.2, -0.15) is 0 Å². The Bertz CT molecular complexity index is 12.9. The molecule has 0 aromatic rings. The Labute approximate surface area is 148 Å². The maximum atomic E-state index is 0. The zero-order valence-electron chi connectivity index (χ0n) is 5.33. The van der Waals surface area contributed by atoms with Gasteiger partial charge in [-0.25, -0.2) is 0 Å². The summed E-state index contributed by atoms with van der Waals surface area (Å²) in [5.74, 6) is 0. The van der Waals surface area contributed by atoms with Crippen LogP contribution in [0.15, 0.2) is 0 Å². The van der Waals surface area contributed by atoms with E-state index in [1.54, 1.807) is 0 Å². The first-order chi connectivity index (χ1) is 0. The van der Waals surface area contributed by atoms with Crippen LogP contribution in [0.4, 0.5) is 0 Å². The van der Waals surface area contributed by atoms with Crippen molar-refractivity contribution in [2.75, 3.05) is 0 Å². The van der Waals surface area contributed by atoms with Gasteiger partial charge in [-0.15, -0.1) is 0 Å². The Balaban J connectivity index is 0. The summed E-state index contributed by atoms with van der Waals surface area (Å²) in [5.41, 5.74) is 0. The molecule has 0 fully saturated rings. The first-order valence-corrected chi connectivity index (χ1v) is 0. The average Bonchev–Trinajstić information content (AvgIpc) is 0. The summed E-state index contributed by atoms with van der Waals surface area (Å²) in [7, 11) is 0. The molecule has 0 bridgehead atoms. The van der Waals surface area contributed by atoms with Gasteiger partial charge in [0.2, 0.25) is 0 Å². The Morgan fingerprint density at radius 3 is 0.154 bits per heavy atom. The molecule has 0 spiro atoms. The first kappa shape index (κ1) is 350. The third-order valence-electron chi connectivity index (χ3n) is 0. The van der Waals surface area contributed by atoms with Crippen LogP contribution < -0.4 is 0 Å². The van der Waals surface area contributed by atoms with Crippen molar-refractivity contribution in [3.05, 3.63) is 0 Å². The van der Waals surface area contributed by atoms with Gasteiger partial charge in [-0.05, 0) is 0 Å². The molecule has 0 unspecified atom stereocenters. The molecule has 0 atom stereocenters. The molecule has 0 saturated heterocycles. The minimum Gasteiger partial charge on any atom is -0.412 e. The topological polar surface area (TPSA) is 189 Å². The van der Waals surface area contributed by atoms with Gasteiger partial charge < -0.3 is 32.9 Å². The Hall–Kier alpha value is 3.31. The van der Waals surface area contributed by atoms with E-state index in [1.165, 1.54) is 0 Å². The second-order valence-corrected chi connectivity index (χ2v) is 0. The van der Waals surface area contributed by atoms with E-state index in [1.807, 2.05) is 0 Å². The fraction of sp³-hybridized carbons (Fsp3) is 0. The summed E-state index contributed by atoms with van der Waals surface area (Å²) in [4.78, 5) is 0. The van der Waals surface area contributed by atoms with Gasteiger partial charge in [0.05, 0.1) is 0 Å². The predicted octanol–water partition coefficient (Wildman–Crippen LogP) is -4.97. The largest absolute Gasteiger partial charge is 0.412 e. The monoisotopic (exact) mass is 521 g/mol. The minimum atomic E-state index is 0. The molecule has 0 aromatic carbocycles. The Morgan fingerprint density at radius 1 is 0.154 bits per heavy atom. The SMILES string of the molecule is O.O.O.O.O.O.[Co].[Co].[Co].[Co].[Co].[Co].[Co]. The van der Waals surface area contributed by atoms with Crippen molar-refractivity contribution in [2.45, 2.75) is 0 Å². The standard InChI is InChI=1S/7Co.6H2O/h;;;;;;;6*1H2. The zero-order chi connectivity index (χ0) is 0. The van der Waals surface area contributed by atoms with E-state index in [9.17, 15) is 0 Å². The molecule has 0 rings (SSSR count). The van der Waals surface area contributed by atoms with Gasteiger partial charge in [0.25, 0.3) is 0 Å². The molecular weight excluding hydrogens is 509 g/mol. The summed E-state index contributed by atoms with van der Waals surface area (Å²) in [6, 6.07) is 0. The van der Waals surface area contributed by atoms with Crippen molar-refractivity contribution < 1.29 is 150 Å². The normalized spacial score (nSPS) is 0. The molecule has 0 heterocycles. The molecule has 0 aliphatic carbocycles. The van der Waals surface area contributed by atoms with Crippen molar-refractivity contribution in [3.8, 4) is 0 Å². The van der Waals surface area contributed by atoms with E-state index in [-0.39, 0.29) is 150 Å². The number of hydrogen-bond donors (Lipinski definition) is 0. The first-order valence-electron chi connectivity index (χ1n) is 0. The van der Waals surface area contributed by atoms with Crippen molar-refractivity contribution in [1.29, 1.82) is 0 Å². The van der Waals surface area contributed by atoms with E-state index in [0.717, 1.165) is 0 Å². The summed E-state index contributed by atoms with van der Waals surface area (Å²) >= 11 is 0. The van der Waals surface area contributed by atoms with E-state index in [2.05, 4.69) is 0 Å². The van der Waals surface area contributed by atoms with Crippen LogP contribution in [0.5, 0.6) is 0 Å². The molecule has 12 N–H and O–H groups in total. The predicted molar refractivity (Wildman–Crippen MR) is 21.7 cm³/mol. The van der Waals surface area contributed by atoms with E-state index >= 15 is 0 Å². The number of hydrogen-bond acceptors (Lipinski definition) is 0. The fourth-order valence-electron chi connectivity index (χ4n) is 0. The van der Waals surface area contributed by atoms with Crippen LogP contribution in [0, 0.1) is 0 Å². The van der Waals surface area contributed by atoms with Crippen LogP contribution in [-0.2, 0) is 117 Å². The van der Waals surface area contributed by atoms with Gasteiger partial charge in [-0.1, -0.05) is 0 Å². The summed E-state index contributed by atoms with van der Waals surface area (Å²) in [6.07, 6.45) is 0. The maximum absolute atomic E-state index is 0. The summed E-state index contributed by atoms with van der Waals surface area (Å²) in [6.45, 7) is 0. The van der Waals surface area contributed by atoms with E-state index in [4.69, 9.17) is 0 Å². The van der Waals surface area contributed by atoms with Crippen molar-refractivity contribution in [1.82, 2.24) is 0 Å². The van der Waals surface area contributed by atoms with Crippen LogP contribution in [0.25, 0.3) is 0 Å². The molecule has 0 aliphatic rings. The van der Waals surface area contributed by atoms with Crippen LogP contribution in [0.1, 0.15) is 0 Å². The molecule has 0 saturated carbocycles.